The highest BCUT2D eigenvalue weighted by Crippen LogP contribution is 2.25. The second-order valence-electron chi connectivity index (χ2n) is 5.94. The second kappa shape index (κ2) is 6.24. The first-order chi connectivity index (χ1) is 7.97. The predicted octanol–water partition coefficient (Wildman–Crippen LogP) is 2.32. The highest BCUT2D eigenvalue weighted by molar-refractivity contribution is 5.85. The number of rotatable bonds is 6. The summed E-state index contributed by atoms with van der Waals surface area (Å²) in [6.45, 7) is 7.38. The first kappa shape index (κ1) is 14.3. The van der Waals surface area contributed by atoms with Crippen LogP contribution in [0.4, 0.5) is 0 Å². The lowest BCUT2D eigenvalue weighted by Gasteiger charge is -2.23. The van der Waals surface area contributed by atoms with Gasteiger partial charge >= 0.3 is 0 Å². The molecular weight excluding hydrogens is 214 g/mol. The Labute approximate surface area is 105 Å². The molecule has 0 aromatic heterocycles. The molecule has 0 radical (unpaired) electrons. The Hall–Kier alpha value is -0.770. The van der Waals surface area contributed by atoms with Crippen molar-refractivity contribution in [2.75, 3.05) is 6.54 Å². The van der Waals surface area contributed by atoms with E-state index >= 15 is 0 Å². The number of nitrogens with zero attached hydrogens (tertiary/aromatic N) is 1. The quantitative estimate of drug-likeness (QED) is 0.220. The molecule has 0 aromatic carbocycles. The molecule has 100 valence electrons. The molecule has 0 aliphatic heterocycles. The van der Waals surface area contributed by atoms with Gasteiger partial charge in [0.15, 0.2) is 0 Å². The second-order valence-corrected chi connectivity index (χ2v) is 5.94. The predicted molar refractivity (Wildman–Crippen MR) is 71.2 cm³/mol. The Balaban J connectivity index is 2.19. The number of nitrogens with one attached hydrogen (secondary N) is 1. The van der Waals surface area contributed by atoms with Gasteiger partial charge in [-0.3, -0.25) is 0 Å². The van der Waals surface area contributed by atoms with Crippen LogP contribution in [-0.2, 0) is 0 Å². The molecular formula is C13H27N3O. The molecule has 0 spiro atoms. The van der Waals surface area contributed by atoms with Crippen molar-refractivity contribution in [1.29, 1.82) is 0 Å². The first-order valence-electron chi connectivity index (χ1n) is 6.69. The zero-order chi connectivity index (χ0) is 12.9. The van der Waals surface area contributed by atoms with Crippen LogP contribution in [0.5, 0.6) is 0 Å². The van der Waals surface area contributed by atoms with Crippen LogP contribution >= 0.6 is 0 Å². The van der Waals surface area contributed by atoms with Gasteiger partial charge in [-0.15, -0.1) is 0 Å². The Bertz CT molecular complexity index is 263. The zero-order valence-electron chi connectivity index (χ0n) is 11.4. The molecule has 0 saturated heterocycles. The number of nitrogens with two attached hydrogens (primary N) is 1. The van der Waals surface area contributed by atoms with Crippen molar-refractivity contribution in [3.05, 3.63) is 0 Å². The van der Waals surface area contributed by atoms with Gasteiger partial charge in [-0.05, 0) is 38.1 Å². The van der Waals surface area contributed by atoms with Gasteiger partial charge < -0.3 is 16.3 Å². The summed E-state index contributed by atoms with van der Waals surface area (Å²) in [6, 6.07) is 0.696. The van der Waals surface area contributed by atoms with Crippen LogP contribution in [0.3, 0.4) is 0 Å². The van der Waals surface area contributed by atoms with Gasteiger partial charge in [-0.25, -0.2) is 0 Å². The minimum Gasteiger partial charge on any atom is -0.409 e. The van der Waals surface area contributed by atoms with E-state index in [9.17, 15) is 0 Å². The molecule has 1 aliphatic carbocycles. The maximum Gasteiger partial charge on any atom is 0.144 e. The van der Waals surface area contributed by atoms with Crippen LogP contribution in [0.25, 0.3) is 0 Å². The average Bonchev–Trinajstić information content (AvgIpc) is 2.69. The van der Waals surface area contributed by atoms with E-state index in [1.165, 1.54) is 19.3 Å². The molecule has 0 bridgehead atoms. The van der Waals surface area contributed by atoms with E-state index in [0.29, 0.717) is 11.9 Å². The Kier molecular flexibility index (Phi) is 5.25. The maximum absolute atomic E-state index is 8.68. The fraction of sp³-hybridized carbons (Fsp3) is 0.923. The summed E-state index contributed by atoms with van der Waals surface area (Å²) in [5.41, 5.74) is 5.45. The molecule has 4 heteroatoms. The summed E-state index contributed by atoms with van der Waals surface area (Å²) in [5.74, 6) is 1.14. The molecule has 4 nitrogen and oxygen atoms in total. The number of amidine groups is 1. The van der Waals surface area contributed by atoms with Crippen molar-refractivity contribution in [2.45, 2.75) is 58.9 Å². The summed E-state index contributed by atoms with van der Waals surface area (Å²) in [4.78, 5) is 0. The van der Waals surface area contributed by atoms with Crippen LogP contribution < -0.4 is 11.1 Å². The van der Waals surface area contributed by atoms with Crippen LogP contribution in [-0.4, -0.2) is 23.6 Å². The third-order valence-electron chi connectivity index (χ3n) is 4.05. The molecule has 1 rings (SSSR count). The third-order valence-corrected chi connectivity index (χ3v) is 4.05. The van der Waals surface area contributed by atoms with Gasteiger partial charge in [0.05, 0.1) is 0 Å². The number of hydrogen-bond acceptors (Lipinski definition) is 3. The van der Waals surface area contributed by atoms with Gasteiger partial charge in [0, 0.05) is 11.5 Å². The van der Waals surface area contributed by atoms with Crippen molar-refractivity contribution in [3.63, 3.8) is 0 Å². The number of oxime groups is 1. The zero-order valence-corrected chi connectivity index (χ0v) is 11.4. The summed E-state index contributed by atoms with van der Waals surface area (Å²) in [6.07, 6.45) is 6.02. The summed E-state index contributed by atoms with van der Waals surface area (Å²) >= 11 is 0. The van der Waals surface area contributed by atoms with Gasteiger partial charge in [0.25, 0.3) is 0 Å². The molecule has 1 fully saturated rings. The lowest BCUT2D eigenvalue weighted by molar-refractivity contribution is 0.303. The Morgan fingerprint density at radius 1 is 1.47 bits per heavy atom. The van der Waals surface area contributed by atoms with E-state index in [0.717, 1.165) is 25.3 Å². The fourth-order valence-electron chi connectivity index (χ4n) is 2.53. The molecule has 2 atom stereocenters. The maximum atomic E-state index is 8.68. The van der Waals surface area contributed by atoms with Gasteiger partial charge in [-0.1, -0.05) is 32.3 Å². The fourth-order valence-corrected chi connectivity index (χ4v) is 2.53. The summed E-state index contributed by atoms with van der Waals surface area (Å²) in [7, 11) is 0. The molecule has 4 N–H and O–H groups in total. The van der Waals surface area contributed by atoms with Crippen LogP contribution in [0.1, 0.15) is 52.9 Å². The van der Waals surface area contributed by atoms with E-state index < -0.39 is 0 Å². The molecule has 1 saturated carbocycles. The highest BCUT2D eigenvalue weighted by atomic mass is 16.4. The Morgan fingerprint density at radius 2 is 2.18 bits per heavy atom. The van der Waals surface area contributed by atoms with Crippen LogP contribution in [0.2, 0.25) is 0 Å². The largest absolute Gasteiger partial charge is 0.409 e. The van der Waals surface area contributed by atoms with E-state index in [1.807, 2.05) is 13.8 Å². The van der Waals surface area contributed by atoms with E-state index in [1.54, 1.807) is 0 Å². The average molecular weight is 241 g/mol. The van der Waals surface area contributed by atoms with E-state index in [-0.39, 0.29) is 5.41 Å². The minimum absolute atomic E-state index is 0.211. The normalized spacial score (nSPS) is 26.4. The topological polar surface area (TPSA) is 70.6 Å². The molecule has 17 heavy (non-hydrogen) atoms. The lowest BCUT2D eigenvalue weighted by atomic mass is 9.86. The SMILES string of the molecule is CC1CCCC1NCCCC(C)(C)C(N)=NO. The van der Waals surface area contributed by atoms with Crippen molar-refractivity contribution in [1.82, 2.24) is 5.32 Å². The molecule has 2 unspecified atom stereocenters. The molecule has 0 amide bonds. The smallest absolute Gasteiger partial charge is 0.144 e. The number of hydrogen-bond donors (Lipinski definition) is 3. The monoisotopic (exact) mass is 241 g/mol. The molecule has 1 aliphatic rings. The summed E-state index contributed by atoms with van der Waals surface area (Å²) < 4.78 is 0. The van der Waals surface area contributed by atoms with Crippen molar-refractivity contribution in [3.8, 4) is 0 Å². The van der Waals surface area contributed by atoms with E-state index in [2.05, 4.69) is 17.4 Å². The summed E-state index contributed by atoms with van der Waals surface area (Å²) in [5, 5.41) is 15.4. The Morgan fingerprint density at radius 3 is 2.71 bits per heavy atom. The van der Waals surface area contributed by atoms with Gasteiger partial charge in [-0.2, -0.15) is 0 Å². The van der Waals surface area contributed by atoms with Crippen molar-refractivity contribution >= 4 is 5.84 Å². The van der Waals surface area contributed by atoms with Crippen molar-refractivity contribution < 1.29 is 5.21 Å². The third kappa shape index (κ3) is 4.19. The van der Waals surface area contributed by atoms with Crippen LogP contribution in [0.15, 0.2) is 5.16 Å². The standard InChI is InChI=1S/C13H27N3O/c1-10-6-4-7-11(10)15-9-5-8-13(2,3)12(14)16-17/h10-11,15,17H,4-9H2,1-3H3,(H2,14,16). The van der Waals surface area contributed by atoms with E-state index in [4.69, 9.17) is 10.9 Å². The van der Waals surface area contributed by atoms with Gasteiger partial charge in [0.2, 0.25) is 0 Å². The highest BCUT2D eigenvalue weighted by Gasteiger charge is 2.24. The van der Waals surface area contributed by atoms with Crippen molar-refractivity contribution in [2.24, 2.45) is 22.2 Å². The minimum atomic E-state index is -0.211. The molecule has 0 aromatic rings. The van der Waals surface area contributed by atoms with Gasteiger partial charge in [0.1, 0.15) is 5.84 Å². The molecule has 0 heterocycles. The van der Waals surface area contributed by atoms with Crippen LogP contribution in [0, 0.1) is 11.3 Å². The lowest BCUT2D eigenvalue weighted by Crippen LogP contribution is -2.35. The first-order valence-corrected chi connectivity index (χ1v) is 6.69.